The molecule has 2 aliphatic rings. The van der Waals surface area contributed by atoms with E-state index in [4.69, 9.17) is 0 Å². The molecule has 0 spiro atoms. The van der Waals surface area contributed by atoms with Gasteiger partial charge >= 0.3 is 6.03 Å². The molecule has 1 atom stereocenters. The lowest BCUT2D eigenvalue weighted by atomic mass is 9.84. The second kappa shape index (κ2) is 8.05. The second-order valence-electron chi connectivity index (χ2n) is 6.11. The van der Waals surface area contributed by atoms with Gasteiger partial charge in [-0.05, 0) is 38.5 Å². The fourth-order valence-corrected chi connectivity index (χ4v) is 2.75. The second-order valence-corrected chi connectivity index (χ2v) is 6.11. The highest BCUT2D eigenvalue weighted by molar-refractivity contribution is 5.79. The van der Waals surface area contributed by atoms with Crippen LogP contribution < -0.4 is 10.6 Å². The molecule has 0 aromatic heterocycles. The Labute approximate surface area is 127 Å². The van der Waals surface area contributed by atoms with Crippen LogP contribution in [0.2, 0.25) is 0 Å². The molecule has 118 valence electrons. The Kier molecular flexibility index (Phi) is 6.08. The fraction of sp³-hybridized carbons (Fsp3) is 0.750. The number of carbonyl (C=O) groups excluding carboxylic acids is 2. The van der Waals surface area contributed by atoms with Crippen molar-refractivity contribution in [1.29, 1.82) is 0 Å². The van der Waals surface area contributed by atoms with Crippen LogP contribution in [0, 0.1) is 5.92 Å². The highest BCUT2D eigenvalue weighted by atomic mass is 16.2. The lowest BCUT2D eigenvalue weighted by Gasteiger charge is -2.29. The third kappa shape index (κ3) is 5.06. The molecule has 1 fully saturated rings. The van der Waals surface area contributed by atoms with E-state index in [1.54, 1.807) is 4.90 Å². The summed E-state index contributed by atoms with van der Waals surface area (Å²) in [6.07, 6.45) is 11.5. The highest BCUT2D eigenvalue weighted by Gasteiger charge is 2.27. The van der Waals surface area contributed by atoms with Crippen molar-refractivity contribution in [3.8, 4) is 0 Å². The number of nitrogens with one attached hydrogen (secondary N) is 2. The van der Waals surface area contributed by atoms with Gasteiger partial charge in [0.25, 0.3) is 0 Å². The molecule has 21 heavy (non-hydrogen) atoms. The molecule has 0 heterocycles. The first kappa shape index (κ1) is 15.9. The Morgan fingerprint density at radius 1 is 1.24 bits per heavy atom. The Balaban J connectivity index is 1.54. The zero-order chi connectivity index (χ0) is 15.1. The molecule has 2 rings (SSSR count). The molecule has 1 saturated carbocycles. The van der Waals surface area contributed by atoms with Crippen LogP contribution in [-0.2, 0) is 4.79 Å². The van der Waals surface area contributed by atoms with Gasteiger partial charge in [0.2, 0.25) is 5.91 Å². The molecule has 5 heteroatoms. The summed E-state index contributed by atoms with van der Waals surface area (Å²) >= 11 is 0. The standard InChI is InChI=1S/C16H27N3O2/c1-19(15(20)13-7-5-8-13)12-6-11-17-16(21)18-14-9-3-2-4-10-14/h3,9,13-14H,2,4-8,10-12H2,1H3,(H2,17,18,21)/t14-/m1/s1. The average molecular weight is 293 g/mol. The van der Waals surface area contributed by atoms with Gasteiger partial charge in [0.1, 0.15) is 0 Å². The van der Waals surface area contributed by atoms with Gasteiger partial charge in [0.15, 0.2) is 0 Å². The van der Waals surface area contributed by atoms with Crippen LogP contribution in [0.1, 0.15) is 44.9 Å². The summed E-state index contributed by atoms with van der Waals surface area (Å²) < 4.78 is 0. The molecule has 0 aliphatic heterocycles. The maximum Gasteiger partial charge on any atom is 0.315 e. The maximum absolute atomic E-state index is 11.9. The van der Waals surface area contributed by atoms with Crippen LogP contribution in [0.25, 0.3) is 0 Å². The quantitative estimate of drug-likeness (QED) is 0.581. The third-order valence-electron chi connectivity index (χ3n) is 4.36. The first-order valence-corrected chi connectivity index (χ1v) is 8.13. The summed E-state index contributed by atoms with van der Waals surface area (Å²) in [5.41, 5.74) is 0. The summed E-state index contributed by atoms with van der Waals surface area (Å²) in [7, 11) is 1.85. The van der Waals surface area contributed by atoms with E-state index in [0.717, 1.165) is 38.5 Å². The number of amides is 3. The molecule has 0 aromatic rings. The summed E-state index contributed by atoms with van der Waals surface area (Å²) in [6.45, 7) is 1.31. The van der Waals surface area contributed by atoms with Gasteiger partial charge in [-0.2, -0.15) is 0 Å². The van der Waals surface area contributed by atoms with Crippen molar-refractivity contribution >= 4 is 11.9 Å². The van der Waals surface area contributed by atoms with Crippen LogP contribution in [0.5, 0.6) is 0 Å². The van der Waals surface area contributed by atoms with Crippen molar-refractivity contribution in [3.63, 3.8) is 0 Å². The van der Waals surface area contributed by atoms with Crippen LogP contribution in [-0.4, -0.2) is 43.0 Å². The average Bonchev–Trinajstić information content (AvgIpc) is 2.42. The number of urea groups is 1. The van der Waals surface area contributed by atoms with E-state index in [9.17, 15) is 9.59 Å². The molecule has 0 saturated heterocycles. The van der Waals surface area contributed by atoms with Gasteiger partial charge in [-0.3, -0.25) is 4.79 Å². The fourth-order valence-electron chi connectivity index (χ4n) is 2.75. The minimum Gasteiger partial charge on any atom is -0.345 e. The lowest BCUT2D eigenvalue weighted by molar-refractivity contribution is -0.136. The van der Waals surface area contributed by atoms with Gasteiger partial charge in [-0.15, -0.1) is 0 Å². The summed E-state index contributed by atoms with van der Waals surface area (Å²) in [5.74, 6) is 0.516. The molecule has 0 radical (unpaired) electrons. The van der Waals surface area contributed by atoms with Crippen molar-refractivity contribution in [3.05, 3.63) is 12.2 Å². The van der Waals surface area contributed by atoms with Gasteiger partial charge in [-0.1, -0.05) is 18.6 Å². The van der Waals surface area contributed by atoms with E-state index >= 15 is 0 Å². The molecule has 3 amide bonds. The minimum atomic E-state index is -0.112. The van der Waals surface area contributed by atoms with E-state index in [1.165, 1.54) is 6.42 Å². The number of hydrogen-bond acceptors (Lipinski definition) is 2. The Morgan fingerprint density at radius 3 is 2.67 bits per heavy atom. The van der Waals surface area contributed by atoms with Crippen molar-refractivity contribution in [2.45, 2.75) is 51.0 Å². The third-order valence-corrected chi connectivity index (χ3v) is 4.36. The van der Waals surface area contributed by atoms with Crippen LogP contribution in [0.4, 0.5) is 4.79 Å². The van der Waals surface area contributed by atoms with E-state index in [-0.39, 0.29) is 23.9 Å². The van der Waals surface area contributed by atoms with Crippen molar-refractivity contribution in [2.75, 3.05) is 20.1 Å². The first-order valence-electron chi connectivity index (χ1n) is 8.13. The molecular formula is C16H27N3O2. The number of nitrogens with zero attached hydrogens (tertiary/aromatic N) is 1. The number of allylic oxidation sites excluding steroid dienone is 1. The van der Waals surface area contributed by atoms with Gasteiger partial charge in [0.05, 0.1) is 0 Å². The van der Waals surface area contributed by atoms with Crippen LogP contribution in [0.3, 0.4) is 0 Å². The normalized spacial score (nSPS) is 21.5. The molecule has 2 N–H and O–H groups in total. The molecule has 0 bridgehead atoms. The van der Waals surface area contributed by atoms with Gasteiger partial charge in [-0.25, -0.2) is 4.79 Å². The summed E-state index contributed by atoms with van der Waals surface area (Å²) in [4.78, 5) is 25.5. The number of hydrogen-bond donors (Lipinski definition) is 2. The lowest BCUT2D eigenvalue weighted by Crippen LogP contribution is -2.43. The molecule has 5 nitrogen and oxygen atoms in total. The Hall–Kier alpha value is -1.52. The summed E-state index contributed by atoms with van der Waals surface area (Å²) in [5, 5.41) is 5.81. The van der Waals surface area contributed by atoms with Crippen molar-refractivity contribution in [2.24, 2.45) is 5.92 Å². The van der Waals surface area contributed by atoms with Crippen LogP contribution in [0.15, 0.2) is 12.2 Å². The number of rotatable bonds is 6. The molecule has 0 aromatic carbocycles. The SMILES string of the molecule is CN(CCCNC(=O)N[C@@H]1C=CCCC1)C(=O)C1CCC1. The van der Waals surface area contributed by atoms with E-state index in [2.05, 4.69) is 22.8 Å². The Morgan fingerprint density at radius 2 is 2.05 bits per heavy atom. The van der Waals surface area contributed by atoms with Gasteiger partial charge in [0, 0.05) is 32.1 Å². The van der Waals surface area contributed by atoms with Crippen LogP contribution >= 0.6 is 0 Å². The van der Waals surface area contributed by atoms with E-state index < -0.39 is 0 Å². The predicted octanol–water partition coefficient (Wildman–Crippen LogP) is 2.04. The van der Waals surface area contributed by atoms with Crippen molar-refractivity contribution in [1.82, 2.24) is 15.5 Å². The number of carbonyl (C=O) groups is 2. The molecular weight excluding hydrogens is 266 g/mol. The molecule has 2 aliphatic carbocycles. The summed E-state index contributed by atoms with van der Waals surface area (Å²) in [6, 6.07) is 0.0566. The monoisotopic (exact) mass is 293 g/mol. The largest absolute Gasteiger partial charge is 0.345 e. The first-order chi connectivity index (χ1) is 10.2. The maximum atomic E-state index is 11.9. The van der Waals surface area contributed by atoms with Crippen molar-refractivity contribution < 1.29 is 9.59 Å². The van der Waals surface area contributed by atoms with E-state index in [1.807, 2.05) is 7.05 Å². The topological polar surface area (TPSA) is 61.4 Å². The van der Waals surface area contributed by atoms with E-state index in [0.29, 0.717) is 13.1 Å². The molecule has 0 unspecified atom stereocenters. The Bertz CT molecular complexity index is 391. The smallest absolute Gasteiger partial charge is 0.315 e. The highest BCUT2D eigenvalue weighted by Crippen LogP contribution is 2.27. The van der Waals surface area contributed by atoms with Gasteiger partial charge < -0.3 is 15.5 Å². The zero-order valence-corrected chi connectivity index (χ0v) is 12.9. The predicted molar refractivity (Wildman–Crippen MR) is 82.9 cm³/mol. The minimum absolute atomic E-state index is 0.112. The zero-order valence-electron chi connectivity index (χ0n) is 12.9.